The van der Waals surface area contributed by atoms with Crippen LogP contribution < -0.4 is 5.32 Å². The number of aliphatic hydroxyl groups excluding tert-OH is 1. The molecular weight excluding hydrogens is 210 g/mol. The first kappa shape index (κ1) is 12.2. The van der Waals surface area contributed by atoms with Crippen molar-refractivity contribution in [3.63, 3.8) is 0 Å². The van der Waals surface area contributed by atoms with Gasteiger partial charge in [-0.1, -0.05) is 19.9 Å². The number of amides is 1. The minimum atomic E-state index is -0.141. The highest BCUT2D eigenvalue weighted by molar-refractivity contribution is 7.10. The zero-order valence-electron chi connectivity index (χ0n) is 9.06. The number of hydrogen-bond donors (Lipinski definition) is 2. The molecule has 15 heavy (non-hydrogen) atoms. The summed E-state index contributed by atoms with van der Waals surface area (Å²) in [6.45, 7) is 3.95. The van der Waals surface area contributed by atoms with E-state index >= 15 is 0 Å². The van der Waals surface area contributed by atoms with E-state index in [4.69, 9.17) is 5.11 Å². The maximum Gasteiger partial charge on any atom is 0.225 e. The van der Waals surface area contributed by atoms with Crippen molar-refractivity contribution >= 4 is 17.2 Å². The van der Waals surface area contributed by atoms with Crippen molar-refractivity contribution in [2.24, 2.45) is 5.92 Å². The smallest absolute Gasteiger partial charge is 0.225 e. The molecule has 0 saturated carbocycles. The Morgan fingerprint density at radius 3 is 2.80 bits per heavy atom. The van der Waals surface area contributed by atoms with E-state index in [1.807, 2.05) is 31.4 Å². The molecule has 2 N–H and O–H groups in total. The van der Waals surface area contributed by atoms with Gasteiger partial charge in [-0.25, -0.2) is 0 Å². The molecule has 1 atom stereocenters. The fourth-order valence-corrected chi connectivity index (χ4v) is 1.96. The third-order valence-corrected chi connectivity index (χ3v) is 3.14. The summed E-state index contributed by atoms with van der Waals surface area (Å²) < 4.78 is 0. The van der Waals surface area contributed by atoms with Crippen LogP contribution in [0.3, 0.4) is 0 Å². The summed E-state index contributed by atoms with van der Waals surface area (Å²) in [5.41, 5.74) is 0. The molecule has 0 aliphatic carbocycles. The Labute approximate surface area is 94.1 Å². The van der Waals surface area contributed by atoms with Gasteiger partial charge in [0.1, 0.15) is 0 Å². The number of carbonyl (C=O) groups excluding carboxylic acids is 1. The van der Waals surface area contributed by atoms with Crippen molar-refractivity contribution in [3.05, 3.63) is 22.4 Å². The van der Waals surface area contributed by atoms with Gasteiger partial charge in [0.05, 0.1) is 19.1 Å². The van der Waals surface area contributed by atoms with Crippen LogP contribution in [0.25, 0.3) is 0 Å². The first-order chi connectivity index (χ1) is 7.13. The second-order valence-electron chi connectivity index (χ2n) is 3.86. The summed E-state index contributed by atoms with van der Waals surface area (Å²) in [5, 5.41) is 13.8. The van der Waals surface area contributed by atoms with Gasteiger partial charge < -0.3 is 10.4 Å². The van der Waals surface area contributed by atoms with Crippen LogP contribution in [0.5, 0.6) is 0 Å². The zero-order chi connectivity index (χ0) is 11.3. The first-order valence-corrected chi connectivity index (χ1v) is 5.94. The summed E-state index contributed by atoms with van der Waals surface area (Å²) in [5.74, 6) is 0.229. The molecule has 3 nitrogen and oxygen atoms in total. The summed E-state index contributed by atoms with van der Waals surface area (Å²) >= 11 is 1.57. The Morgan fingerprint density at radius 2 is 2.33 bits per heavy atom. The molecule has 1 aromatic heterocycles. The van der Waals surface area contributed by atoms with Crippen LogP contribution in [0.15, 0.2) is 17.5 Å². The predicted molar refractivity (Wildman–Crippen MR) is 61.9 cm³/mol. The van der Waals surface area contributed by atoms with Crippen LogP contribution in [-0.2, 0) is 11.2 Å². The van der Waals surface area contributed by atoms with Crippen LogP contribution in [0, 0.1) is 5.92 Å². The van der Waals surface area contributed by atoms with Crippen molar-refractivity contribution in [2.45, 2.75) is 26.3 Å². The second kappa shape index (κ2) is 5.88. The van der Waals surface area contributed by atoms with E-state index < -0.39 is 0 Å². The summed E-state index contributed by atoms with van der Waals surface area (Å²) in [4.78, 5) is 12.6. The van der Waals surface area contributed by atoms with Crippen LogP contribution in [0.4, 0.5) is 0 Å². The molecule has 0 radical (unpaired) electrons. The minimum Gasteiger partial charge on any atom is -0.394 e. The van der Waals surface area contributed by atoms with Gasteiger partial charge >= 0.3 is 0 Å². The third-order valence-electron chi connectivity index (χ3n) is 2.26. The van der Waals surface area contributed by atoms with Crippen LogP contribution in [0.1, 0.15) is 18.7 Å². The molecule has 0 aliphatic rings. The molecular formula is C11H17NO2S. The van der Waals surface area contributed by atoms with Gasteiger partial charge in [-0.3, -0.25) is 4.79 Å². The Morgan fingerprint density at radius 1 is 1.60 bits per heavy atom. The summed E-state index contributed by atoms with van der Waals surface area (Å²) in [7, 11) is 0. The van der Waals surface area contributed by atoms with Crippen molar-refractivity contribution in [3.8, 4) is 0 Å². The zero-order valence-corrected chi connectivity index (χ0v) is 9.88. The highest BCUT2D eigenvalue weighted by Crippen LogP contribution is 2.09. The highest BCUT2D eigenvalue weighted by atomic mass is 32.1. The molecule has 1 rings (SSSR count). The lowest BCUT2D eigenvalue weighted by Gasteiger charge is -2.19. The predicted octanol–water partition coefficient (Wildman–Crippen LogP) is 1.42. The third kappa shape index (κ3) is 4.01. The van der Waals surface area contributed by atoms with E-state index in [1.165, 1.54) is 0 Å². The number of hydrogen-bond acceptors (Lipinski definition) is 3. The molecule has 0 aliphatic heterocycles. The normalized spacial score (nSPS) is 12.8. The topological polar surface area (TPSA) is 49.3 Å². The first-order valence-electron chi connectivity index (χ1n) is 5.06. The highest BCUT2D eigenvalue weighted by Gasteiger charge is 2.15. The number of nitrogens with one attached hydrogen (secondary N) is 1. The molecule has 0 aromatic carbocycles. The van der Waals surface area contributed by atoms with Gasteiger partial charge in [0.25, 0.3) is 0 Å². The second-order valence-corrected chi connectivity index (χ2v) is 4.89. The van der Waals surface area contributed by atoms with Gasteiger partial charge in [-0.2, -0.15) is 0 Å². The molecule has 0 spiro atoms. The standard InChI is InChI=1S/C11H17NO2S/c1-8(2)10(7-13)12-11(14)6-9-4-3-5-15-9/h3-5,8,10,13H,6-7H2,1-2H3,(H,12,14)/t10-/m1/s1. The quantitative estimate of drug-likeness (QED) is 0.799. The Bertz CT molecular complexity index is 296. The van der Waals surface area contributed by atoms with E-state index in [1.54, 1.807) is 11.3 Å². The average molecular weight is 227 g/mol. The maximum atomic E-state index is 11.6. The number of rotatable bonds is 5. The van der Waals surface area contributed by atoms with Gasteiger partial charge in [0.2, 0.25) is 5.91 Å². The Kier molecular flexibility index (Phi) is 4.78. The van der Waals surface area contributed by atoms with Crippen molar-refractivity contribution in [1.82, 2.24) is 5.32 Å². The average Bonchev–Trinajstić information content (AvgIpc) is 2.66. The van der Waals surface area contributed by atoms with E-state index in [0.29, 0.717) is 6.42 Å². The lowest BCUT2D eigenvalue weighted by Crippen LogP contribution is -2.41. The number of aliphatic hydroxyl groups is 1. The van der Waals surface area contributed by atoms with Gasteiger partial charge in [-0.15, -0.1) is 11.3 Å². The molecule has 0 saturated heterocycles. The molecule has 1 amide bonds. The van der Waals surface area contributed by atoms with E-state index in [2.05, 4.69) is 5.32 Å². The Balaban J connectivity index is 2.41. The summed E-state index contributed by atoms with van der Waals surface area (Å²) in [6, 6.07) is 3.73. The fourth-order valence-electron chi connectivity index (χ4n) is 1.25. The lowest BCUT2D eigenvalue weighted by atomic mass is 10.1. The molecule has 0 fully saturated rings. The summed E-state index contributed by atoms with van der Waals surface area (Å²) in [6.07, 6.45) is 0.404. The SMILES string of the molecule is CC(C)[C@@H](CO)NC(=O)Cc1cccs1. The van der Waals surface area contributed by atoms with Gasteiger partial charge in [-0.05, 0) is 17.4 Å². The largest absolute Gasteiger partial charge is 0.394 e. The molecule has 1 aromatic rings. The van der Waals surface area contributed by atoms with Crippen LogP contribution in [0.2, 0.25) is 0 Å². The van der Waals surface area contributed by atoms with Crippen molar-refractivity contribution < 1.29 is 9.90 Å². The molecule has 0 bridgehead atoms. The van der Waals surface area contributed by atoms with Crippen LogP contribution in [-0.4, -0.2) is 23.7 Å². The van der Waals surface area contributed by atoms with Crippen LogP contribution >= 0.6 is 11.3 Å². The number of thiophene rings is 1. The molecule has 4 heteroatoms. The minimum absolute atomic E-state index is 0.00610. The molecule has 1 heterocycles. The fraction of sp³-hybridized carbons (Fsp3) is 0.545. The molecule has 0 unspecified atom stereocenters. The number of carbonyl (C=O) groups is 1. The maximum absolute atomic E-state index is 11.6. The molecule has 84 valence electrons. The van der Waals surface area contributed by atoms with E-state index in [0.717, 1.165) is 4.88 Å². The monoisotopic (exact) mass is 227 g/mol. The van der Waals surface area contributed by atoms with E-state index in [9.17, 15) is 4.79 Å². The van der Waals surface area contributed by atoms with Crippen molar-refractivity contribution in [2.75, 3.05) is 6.61 Å². The van der Waals surface area contributed by atoms with Gasteiger partial charge in [0.15, 0.2) is 0 Å². The Hall–Kier alpha value is -0.870. The van der Waals surface area contributed by atoms with E-state index in [-0.39, 0.29) is 24.5 Å². The van der Waals surface area contributed by atoms with Gasteiger partial charge in [0, 0.05) is 4.88 Å². The van der Waals surface area contributed by atoms with Crippen molar-refractivity contribution in [1.29, 1.82) is 0 Å². The lowest BCUT2D eigenvalue weighted by molar-refractivity contribution is -0.121.